The molecule has 0 fully saturated rings. The van der Waals surface area contributed by atoms with Crippen LogP contribution in [0, 0.1) is 5.41 Å². The molecular formula is C29H27ClF3N5O2. The standard InChI is InChI=1S/C29H27ClF3N5O2/c1-28(2,3)27(40)35-15-16-8-11-22(30)21(12-16)26(39)36-19-9-10-20-23(14-19)37-24(38-25(20)34-4)17-6-5-7-18(13-17)29(31,32)33/h5-14H,15H2,1-4H3,(H,35,40)(H,36,39)(H,34,37,38). The molecule has 40 heavy (non-hydrogen) atoms. The van der Waals surface area contributed by atoms with Crippen molar-refractivity contribution in [3.63, 3.8) is 0 Å². The van der Waals surface area contributed by atoms with E-state index in [1.165, 1.54) is 12.1 Å². The molecule has 0 atom stereocenters. The Bertz CT molecular complexity index is 1600. The topological polar surface area (TPSA) is 96.0 Å². The van der Waals surface area contributed by atoms with Crippen molar-refractivity contribution in [1.82, 2.24) is 15.3 Å². The molecule has 3 aromatic carbocycles. The summed E-state index contributed by atoms with van der Waals surface area (Å²) in [6, 6.07) is 14.7. The first-order valence-corrected chi connectivity index (χ1v) is 12.7. The van der Waals surface area contributed by atoms with Crippen LogP contribution in [0.3, 0.4) is 0 Å². The van der Waals surface area contributed by atoms with Crippen LogP contribution < -0.4 is 16.0 Å². The van der Waals surface area contributed by atoms with Gasteiger partial charge in [-0.3, -0.25) is 9.59 Å². The summed E-state index contributed by atoms with van der Waals surface area (Å²) in [5.74, 6) is -0.0887. The van der Waals surface area contributed by atoms with E-state index in [9.17, 15) is 22.8 Å². The van der Waals surface area contributed by atoms with Crippen LogP contribution in [-0.4, -0.2) is 28.8 Å². The van der Waals surface area contributed by atoms with E-state index in [-0.39, 0.29) is 34.4 Å². The second-order valence-corrected chi connectivity index (χ2v) is 10.6. The zero-order valence-electron chi connectivity index (χ0n) is 22.2. The van der Waals surface area contributed by atoms with Crippen LogP contribution in [0.2, 0.25) is 5.02 Å². The minimum atomic E-state index is -4.51. The second kappa shape index (κ2) is 11.1. The predicted octanol–water partition coefficient (Wildman–Crippen LogP) is 6.93. The smallest absolute Gasteiger partial charge is 0.373 e. The SMILES string of the molecule is CNc1nc(-c2cccc(C(F)(F)F)c2)nc2cc(NC(=O)c3cc(CNC(=O)C(C)(C)C)ccc3Cl)ccc12. The molecule has 0 aliphatic heterocycles. The van der Waals surface area contributed by atoms with Crippen molar-refractivity contribution >= 4 is 45.8 Å². The van der Waals surface area contributed by atoms with Crippen molar-refractivity contribution in [3.8, 4) is 11.4 Å². The largest absolute Gasteiger partial charge is 0.416 e. The summed E-state index contributed by atoms with van der Waals surface area (Å²) in [6.07, 6.45) is -4.51. The van der Waals surface area contributed by atoms with Crippen LogP contribution in [-0.2, 0) is 17.5 Å². The normalized spacial score (nSPS) is 11.8. The number of carbonyl (C=O) groups is 2. The summed E-state index contributed by atoms with van der Waals surface area (Å²) < 4.78 is 39.8. The van der Waals surface area contributed by atoms with Crippen molar-refractivity contribution in [2.45, 2.75) is 33.5 Å². The molecule has 0 radical (unpaired) electrons. The van der Waals surface area contributed by atoms with Crippen LogP contribution in [0.1, 0.15) is 42.3 Å². The molecule has 1 aromatic heterocycles. The Morgan fingerprint density at radius 2 is 1.70 bits per heavy atom. The first-order chi connectivity index (χ1) is 18.8. The third-order valence-corrected chi connectivity index (χ3v) is 6.38. The van der Waals surface area contributed by atoms with Crippen LogP contribution >= 0.6 is 11.6 Å². The van der Waals surface area contributed by atoms with Gasteiger partial charge in [0.15, 0.2) is 5.82 Å². The highest BCUT2D eigenvalue weighted by Crippen LogP contribution is 2.33. The van der Waals surface area contributed by atoms with E-state index >= 15 is 0 Å². The predicted molar refractivity (Wildman–Crippen MR) is 150 cm³/mol. The molecule has 3 N–H and O–H groups in total. The molecule has 208 valence electrons. The van der Waals surface area contributed by atoms with Gasteiger partial charge in [0, 0.05) is 35.6 Å². The van der Waals surface area contributed by atoms with Gasteiger partial charge < -0.3 is 16.0 Å². The number of halogens is 4. The molecule has 0 spiro atoms. The molecule has 0 unspecified atom stereocenters. The maximum atomic E-state index is 13.3. The molecule has 0 saturated heterocycles. The maximum absolute atomic E-state index is 13.3. The highest BCUT2D eigenvalue weighted by Gasteiger charge is 2.30. The molecule has 7 nitrogen and oxygen atoms in total. The fraction of sp³-hybridized carbons (Fsp3) is 0.241. The van der Waals surface area contributed by atoms with Crippen molar-refractivity contribution in [3.05, 3.63) is 82.4 Å². The molecule has 0 bridgehead atoms. The van der Waals surface area contributed by atoms with E-state index in [2.05, 4.69) is 25.9 Å². The Balaban J connectivity index is 1.62. The van der Waals surface area contributed by atoms with Gasteiger partial charge in [-0.25, -0.2) is 9.97 Å². The first-order valence-electron chi connectivity index (χ1n) is 12.3. The Hall–Kier alpha value is -4.18. The van der Waals surface area contributed by atoms with Gasteiger partial charge in [-0.15, -0.1) is 0 Å². The molecule has 2 amide bonds. The van der Waals surface area contributed by atoms with E-state index in [1.807, 2.05) is 0 Å². The number of aromatic nitrogens is 2. The van der Waals surface area contributed by atoms with E-state index in [1.54, 1.807) is 64.2 Å². The van der Waals surface area contributed by atoms with Crippen LogP contribution in [0.15, 0.2) is 60.7 Å². The van der Waals surface area contributed by atoms with Gasteiger partial charge >= 0.3 is 6.18 Å². The van der Waals surface area contributed by atoms with Gasteiger partial charge in [-0.2, -0.15) is 13.2 Å². The monoisotopic (exact) mass is 569 g/mol. The summed E-state index contributed by atoms with van der Waals surface area (Å²) in [6.45, 7) is 5.64. The Morgan fingerprint density at radius 1 is 0.950 bits per heavy atom. The van der Waals surface area contributed by atoms with Crippen LogP contribution in [0.5, 0.6) is 0 Å². The molecule has 4 rings (SSSR count). The van der Waals surface area contributed by atoms with Gasteiger partial charge in [-0.05, 0) is 48.0 Å². The molecule has 0 saturated carbocycles. The lowest BCUT2D eigenvalue weighted by molar-refractivity contribution is -0.137. The average molecular weight is 570 g/mol. The first kappa shape index (κ1) is 28.8. The molecule has 4 aromatic rings. The zero-order chi connectivity index (χ0) is 29.2. The number of fused-ring (bicyclic) bond motifs is 1. The molecule has 0 aliphatic rings. The van der Waals surface area contributed by atoms with Crippen molar-refractivity contribution in [1.29, 1.82) is 0 Å². The number of carbonyl (C=O) groups excluding carboxylic acids is 2. The lowest BCUT2D eigenvalue weighted by Gasteiger charge is -2.18. The molecular weight excluding hydrogens is 543 g/mol. The Kier molecular flexibility index (Phi) is 8.02. The third kappa shape index (κ3) is 6.51. The summed E-state index contributed by atoms with van der Waals surface area (Å²) in [5, 5.41) is 9.43. The van der Waals surface area contributed by atoms with Crippen LogP contribution in [0.4, 0.5) is 24.7 Å². The van der Waals surface area contributed by atoms with Crippen molar-refractivity contribution in [2.24, 2.45) is 5.41 Å². The number of alkyl halides is 3. The number of hydrogen-bond acceptors (Lipinski definition) is 5. The summed E-state index contributed by atoms with van der Waals surface area (Å²) in [4.78, 5) is 34.2. The number of amides is 2. The van der Waals surface area contributed by atoms with Crippen LogP contribution in [0.25, 0.3) is 22.3 Å². The summed E-state index contributed by atoms with van der Waals surface area (Å²) in [7, 11) is 1.65. The van der Waals surface area contributed by atoms with Crippen molar-refractivity contribution in [2.75, 3.05) is 17.7 Å². The van der Waals surface area contributed by atoms with Gasteiger partial charge in [0.25, 0.3) is 5.91 Å². The van der Waals surface area contributed by atoms with Gasteiger partial charge in [0.1, 0.15) is 5.82 Å². The van der Waals surface area contributed by atoms with Crippen molar-refractivity contribution < 1.29 is 22.8 Å². The minimum absolute atomic E-state index is 0.0967. The zero-order valence-corrected chi connectivity index (χ0v) is 23.0. The molecule has 1 heterocycles. The Morgan fingerprint density at radius 3 is 2.38 bits per heavy atom. The number of anilines is 2. The number of hydrogen-bond donors (Lipinski definition) is 3. The number of nitrogens with zero attached hydrogens (tertiary/aromatic N) is 2. The fourth-order valence-electron chi connectivity index (χ4n) is 3.86. The lowest BCUT2D eigenvalue weighted by atomic mass is 9.95. The van der Waals surface area contributed by atoms with E-state index < -0.39 is 23.1 Å². The summed E-state index contributed by atoms with van der Waals surface area (Å²) >= 11 is 6.30. The third-order valence-electron chi connectivity index (χ3n) is 6.05. The minimum Gasteiger partial charge on any atom is -0.373 e. The maximum Gasteiger partial charge on any atom is 0.416 e. The van der Waals surface area contributed by atoms with E-state index in [0.29, 0.717) is 28.0 Å². The second-order valence-electron chi connectivity index (χ2n) is 10.2. The number of rotatable bonds is 6. The van der Waals surface area contributed by atoms with Gasteiger partial charge in [0.2, 0.25) is 5.91 Å². The van der Waals surface area contributed by atoms with E-state index in [0.717, 1.165) is 12.1 Å². The van der Waals surface area contributed by atoms with E-state index in [4.69, 9.17) is 11.6 Å². The highest BCUT2D eigenvalue weighted by molar-refractivity contribution is 6.34. The number of nitrogens with one attached hydrogen (secondary N) is 3. The molecule has 0 aliphatic carbocycles. The average Bonchev–Trinajstić information content (AvgIpc) is 2.90. The number of benzene rings is 3. The Labute approximate surface area is 234 Å². The summed E-state index contributed by atoms with van der Waals surface area (Å²) in [5.41, 5.74) is 0.559. The van der Waals surface area contributed by atoms with Gasteiger partial charge in [-0.1, -0.05) is 50.6 Å². The quantitative estimate of drug-likeness (QED) is 0.234. The fourth-order valence-corrected chi connectivity index (χ4v) is 4.07. The highest BCUT2D eigenvalue weighted by atomic mass is 35.5. The molecule has 11 heteroatoms. The van der Waals surface area contributed by atoms with Gasteiger partial charge in [0.05, 0.1) is 21.7 Å². The lowest BCUT2D eigenvalue weighted by Crippen LogP contribution is -2.34.